The van der Waals surface area contributed by atoms with Gasteiger partial charge in [-0.05, 0) is 79.9 Å². The van der Waals surface area contributed by atoms with Gasteiger partial charge in [0.2, 0.25) is 5.91 Å². The minimum atomic E-state index is -3.99. The second-order valence-electron chi connectivity index (χ2n) is 7.40. The highest BCUT2D eigenvalue weighted by Crippen LogP contribution is 2.27. The number of nitrogens with one attached hydrogen (secondary N) is 1. The number of carbonyl (C=O) groups excluding carboxylic acids is 1. The number of methoxy groups -OCH3 is 1. The minimum Gasteiger partial charge on any atom is -0.496 e. The van der Waals surface area contributed by atoms with Crippen molar-refractivity contribution in [2.24, 2.45) is 0 Å². The summed E-state index contributed by atoms with van der Waals surface area (Å²) in [5.41, 5.74) is 3.75. The highest BCUT2D eigenvalue weighted by molar-refractivity contribution is 7.92. The summed E-state index contributed by atoms with van der Waals surface area (Å²) >= 11 is 0. The second-order valence-corrected chi connectivity index (χ2v) is 9.27. The Hall–Kier alpha value is -3.32. The number of amides is 1. The SMILES string of the molecule is COc1ccc(S(=O)(=O)N(CC(=O)Nc2cc(C)cc(C)c2)c2ccccc2)cc1C. The van der Waals surface area contributed by atoms with Crippen LogP contribution in [-0.2, 0) is 14.8 Å². The van der Waals surface area contributed by atoms with E-state index in [4.69, 9.17) is 4.74 Å². The van der Waals surface area contributed by atoms with Gasteiger partial charge < -0.3 is 10.1 Å². The van der Waals surface area contributed by atoms with E-state index in [1.807, 2.05) is 32.0 Å². The van der Waals surface area contributed by atoms with E-state index in [1.165, 1.54) is 13.2 Å². The van der Waals surface area contributed by atoms with Crippen molar-refractivity contribution in [3.05, 3.63) is 83.4 Å². The Kier molecular flexibility index (Phi) is 6.65. The zero-order valence-corrected chi connectivity index (χ0v) is 18.9. The highest BCUT2D eigenvalue weighted by Gasteiger charge is 2.27. The third-order valence-corrected chi connectivity index (χ3v) is 6.56. The van der Waals surface area contributed by atoms with Gasteiger partial charge in [0.25, 0.3) is 10.0 Å². The molecule has 0 heterocycles. The molecule has 0 radical (unpaired) electrons. The molecule has 0 atom stereocenters. The molecule has 3 aromatic rings. The predicted octanol–water partition coefficient (Wildman–Crippen LogP) is 4.45. The van der Waals surface area contributed by atoms with Crippen molar-refractivity contribution < 1.29 is 17.9 Å². The van der Waals surface area contributed by atoms with Crippen LogP contribution >= 0.6 is 0 Å². The number of benzene rings is 3. The molecule has 0 aliphatic rings. The van der Waals surface area contributed by atoms with Crippen LogP contribution in [0.4, 0.5) is 11.4 Å². The van der Waals surface area contributed by atoms with E-state index in [0.29, 0.717) is 22.7 Å². The summed E-state index contributed by atoms with van der Waals surface area (Å²) in [5, 5.41) is 2.81. The van der Waals surface area contributed by atoms with Crippen LogP contribution in [0.2, 0.25) is 0 Å². The van der Waals surface area contributed by atoms with Gasteiger partial charge in [-0.15, -0.1) is 0 Å². The molecule has 1 N–H and O–H groups in total. The first-order valence-corrected chi connectivity index (χ1v) is 11.3. The Balaban J connectivity index is 1.95. The van der Waals surface area contributed by atoms with Crippen LogP contribution in [0.15, 0.2) is 71.6 Å². The molecule has 7 heteroatoms. The smallest absolute Gasteiger partial charge is 0.264 e. The molecule has 0 bridgehead atoms. The van der Waals surface area contributed by atoms with Crippen molar-refractivity contribution in [2.45, 2.75) is 25.7 Å². The van der Waals surface area contributed by atoms with Crippen molar-refractivity contribution in [1.82, 2.24) is 0 Å². The average Bonchev–Trinajstić information content (AvgIpc) is 2.71. The lowest BCUT2D eigenvalue weighted by atomic mass is 10.1. The number of anilines is 2. The van der Waals surface area contributed by atoms with Crippen molar-refractivity contribution in [1.29, 1.82) is 0 Å². The van der Waals surface area contributed by atoms with E-state index in [2.05, 4.69) is 5.32 Å². The Morgan fingerprint density at radius 1 is 0.935 bits per heavy atom. The number of nitrogens with zero attached hydrogens (tertiary/aromatic N) is 1. The maximum absolute atomic E-state index is 13.5. The Bertz CT molecular complexity index is 1170. The number of carbonyl (C=O) groups is 1. The van der Waals surface area contributed by atoms with Crippen LogP contribution in [0, 0.1) is 20.8 Å². The summed E-state index contributed by atoms with van der Waals surface area (Å²) in [4.78, 5) is 12.9. The molecule has 0 aliphatic carbocycles. The van der Waals surface area contributed by atoms with Gasteiger partial charge in [-0.3, -0.25) is 9.10 Å². The number of para-hydroxylation sites is 1. The lowest BCUT2D eigenvalue weighted by Crippen LogP contribution is -2.38. The van der Waals surface area contributed by atoms with Crippen molar-refractivity contribution in [3.8, 4) is 5.75 Å². The zero-order chi connectivity index (χ0) is 22.6. The monoisotopic (exact) mass is 438 g/mol. The fourth-order valence-electron chi connectivity index (χ4n) is 3.43. The van der Waals surface area contributed by atoms with Gasteiger partial charge in [0.1, 0.15) is 12.3 Å². The normalized spacial score (nSPS) is 11.1. The molecule has 0 saturated carbocycles. The van der Waals surface area contributed by atoms with E-state index >= 15 is 0 Å². The number of hydrogen-bond acceptors (Lipinski definition) is 4. The van der Waals surface area contributed by atoms with Crippen molar-refractivity contribution in [3.63, 3.8) is 0 Å². The number of hydrogen-bond donors (Lipinski definition) is 1. The lowest BCUT2D eigenvalue weighted by molar-refractivity contribution is -0.114. The van der Waals surface area contributed by atoms with Gasteiger partial charge in [0.05, 0.1) is 17.7 Å². The van der Waals surface area contributed by atoms with Crippen LogP contribution in [-0.4, -0.2) is 28.0 Å². The van der Waals surface area contributed by atoms with Gasteiger partial charge in [-0.25, -0.2) is 8.42 Å². The molecule has 0 aliphatic heterocycles. The number of ether oxygens (including phenoxy) is 1. The topological polar surface area (TPSA) is 75.7 Å². The zero-order valence-electron chi connectivity index (χ0n) is 18.0. The van der Waals surface area contributed by atoms with E-state index in [0.717, 1.165) is 15.4 Å². The second kappa shape index (κ2) is 9.22. The van der Waals surface area contributed by atoms with E-state index in [9.17, 15) is 13.2 Å². The molecule has 0 fully saturated rings. The third kappa shape index (κ3) is 5.24. The Labute approximate surface area is 183 Å². The van der Waals surface area contributed by atoms with Crippen LogP contribution in [0.5, 0.6) is 5.75 Å². The fraction of sp³-hybridized carbons (Fsp3) is 0.208. The number of sulfonamides is 1. The Morgan fingerprint density at radius 3 is 2.16 bits per heavy atom. The largest absolute Gasteiger partial charge is 0.496 e. The van der Waals surface area contributed by atoms with Crippen molar-refractivity contribution >= 4 is 27.3 Å². The Morgan fingerprint density at radius 2 is 1.58 bits per heavy atom. The van der Waals surface area contributed by atoms with Crippen LogP contribution in [0.3, 0.4) is 0 Å². The van der Waals surface area contributed by atoms with Gasteiger partial charge >= 0.3 is 0 Å². The summed E-state index contributed by atoms with van der Waals surface area (Å²) in [6, 6.07) is 18.9. The van der Waals surface area contributed by atoms with Crippen LogP contribution < -0.4 is 14.4 Å². The summed E-state index contributed by atoms with van der Waals surface area (Å²) in [6.45, 7) is 5.30. The van der Waals surface area contributed by atoms with E-state index < -0.39 is 15.9 Å². The van der Waals surface area contributed by atoms with Crippen molar-refractivity contribution in [2.75, 3.05) is 23.3 Å². The predicted molar refractivity (Wildman–Crippen MR) is 123 cm³/mol. The van der Waals surface area contributed by atoms with Gasteiger partial charge in [-0.1, -0.05) is 24.3 Å². The maximum Gasteiger partial charge on any atom is 0.264 e. The molecule has 0 saturated heterocycles. The lowest BCUT2D eigenvalue weighted by Gasteiger charge is -2.24. The molecular weight excluding hydrogens is 412 g/mol. The van der Waals surface area contributed by atoms with E-state index in [1.54, 1.807) is 49.4 Å². The average molecular weight is 439 g/mol. The molecule has 31 heavy (non-hydrogen) atoms. The highest BCUT2D eigenvalue weighted by atomic mass is 32.2. The third-order valence-electron chi connectivity index (χ3n) is 4.79. The van der Waals surface area contributed by atoms with E-state index in [-0.39, 0.29) is 11.4 Å². The summed E-state index contributed by atoms with van der Waals surface area (Å²) in [5.74, 6) is 0.167. The van der Waals surface area contributed by atoms with Crippen LogP contribution in [0.25, 0.3) is 0 Å². The summed E-state index contributed by atoms with van der Waals surface area (Å²) < 4.78 is 33.3. The van der Waals surface area contributed by atoms with Gasteiger partial charge in [-0.2, -0.15) is 0 Å². The summed E-state index contributed by atoms with van der Waals surface area (Å²) in [7, 11) is -2.46. The summed E-state index contributed by atoms with van der Waals surface area (Å²) in [6.07, 6.45) is 0. The molecule has 1 amide bonds. The molecular formula is C24H26N2O4S. The number of rotatable bonds is 7. The minimum absolute atomic E-state index is 0.0915. The molecule has 0 aromatic heterocycles. The van der Waals surface area contributed by atoms with Gasteiger partial charge in [0, 0.05) is 5.69 Å². The maximum atomic E-state index is 13.5. The first-order valence-electron chi connectivity index (χ1n) is 9.81. The first-order chi connectivity index (χ1) is 14.7. The number of aryl methyl sites for hydroxylation is 3. The molecule has 3 aromatic carbocycles. The molecule has 3 rings (SSSR count). The first kappa shape index (κ1) is 22.4. The molecule has 6 nitrogen and oxygen atoms in total. The quantitative estimate of drug-likeness (QED) is 0.591. The molecule has 0 spiro atoms. The molecule has 0 unspecified atom stereocenters. The van der Waals surface area contributed by atoms with Gasteiger partial charge in [0.15, 0.2) is 0 Å². The fourth-order valence-corrected chi connectivity index (χ4v) is 4.93. The van der Waals surface area contributed by atoms with Crippen LogP contribution in [0.1, 0.15) is 16.7 Å². The molecule has 162 valence electrons. The standard InChI is InChI=1S/C24H26N2O4S/c1-17-12-18(2)14-20(13-17)25-24(27)16-26(21-8-6-5-7-9-21)31(28,29)22-10-11-23(30-4)19(3)15-22/h5-15H,16H2,1-4H3,(H,25,27).